The summed E-state index contributed by atoms with van der Waals surface area (Å²) in [5, 5.41) is 0. The number of hydrogen-bond acceptors (Lipinski definition) is 6. The third kappa shape index (κ3) is 3.66. The molecule has 1 aliphatic heterocycles. The van der Waals surface area contributed by atoms with E-state index in [4.69, 9.17) is 4.74 Å². The topological polar surface area (TPSA) is 41.5 Å². The molecule has 1 aromatic heterocycles. The number of hydrogen-bond donors (Lipinski definition) is 0. The molecule has 0 spiro atoms. The summed E-state index contributed by atoms with van der Waals surface area (Å²) in [6, 6.07) is 15.4. The summed E-state index contributed by atoms with van der Waals surface area (Å²) in [5.74, 6) is 0.925. The van der Waals surface area contributed by atoms with E-state index in [0.29, 0.717) is 6.04 Å². The summed E-state index contributed by atoms with van der Waals surface area (Å²) >= 11 is 1.28. The molecule has 1 aliphatic rings. The lowest BCUT2D eigenvalue weighted by molar-refractivity contribution is 0.200. The van der Waals surface area contributed by atoms with Crippen molar-refractivity contribution < 1.29 is 4.74 Å². The first kappa shape index (κ1) is 17.2. The van der Waals surface area contributed by atoms with Gasteiger partial charge in [0.1, 0.15) is 16.8 Å². The van der Waals surface area contributed by atoms with Gasteiger partial charge in [0.15, 0.2) is 0 Å². The standard InChI is InChI=1S/C20H24N4OS/c1-23(14-15-6-7-19-20(12-15)22-26-21-19)16-8-10-24(11-9-16)17-4-3-5-18(13-17)25-2/h3-7,12-13,16H,8-11,14H2,1-2H3. The van der Waals surface area contributed by atoms with Crippen molar-refractivity contribution in [3.63, 3.8) is 0 Å². The Bertz CT molecular complexity index is 873. The van der Waals surface area contributed by atoms with Crippen molar-refractivity contribution >= 4 is 28.4 Å². The molecule has 26 heavy (non-hydrogen) atoms. The highest BCUT2D eigenvalue weighted by atomic mass is 32.1. The van der Waals surface area contributed by atoms with Crippen LogP contribution in [0.2, 0.25) is 0 Å². The first-order chi connectivity index (χ1) is 12.7. The zero-order valence-electron chi connectivity index (χ0n) is 15.3. The van der Waals surface area contributed by atoms with Gasteiger partial charge in [-0.3, -0.25) is 4.90 Å². The van der Waals surface area contributed by atoms with Crippen LogP contribution in [0.1, 0.15) is 18.4 Å². The number of nitrogens with zero attached hydrogens (tertiary/aromatic N) is 4. The van der Waals surface area contributed by atoms with Crippen LogP contribution in [-0.2, 0) is 6.54 Å². The van der Waals surface area contributed by atoms with E-state index in [1.165, 1.54) is 35.8 Å². The Morgan fingerprint density at radius 1 is 1.12 bits per heavy atom. The molecule has 0 N–H and O–H groups in total. The highest BCUT2D eigenvalue weighted by molar-refractivity contribution is 7.00. The fourth-order valence-electron chi connectivity index (χ4n) is 3.72. The fraction of sp³-hybridized carbons (Fsp3) is 0.400. The number of ether oxygens (including phenoxy) is 1. The molecule has 0 atom stereocenters. The maximum atomic E-state index is 5.35. The maximum absolute atomic E-state index is 5.35. The van der Waals surface area contributed by atoms with E-state index < -0.39 is 0 Å². The Labute approximate surface area is 158 Å². The Balaban J connectivity index is 1.36. The highest BCUT2D eigenvalue weighted by Crippen LogP contribution is 2.26. The third-order valence-electron chi connectivity index (χ3n) is 5.26. The summed E-state index contributed by atoms with van der Waals surface area (Å²) in [6.45, 7) is 3.12. The van der Waals surface area contributed by atoms with Crippen LogP contribution in [-0.4, -0.2) is 46.9 Å². The average Bonchev–Trinajstić information content (AvgIpc) is 3.16. The molecule has 136 valence electrons. The second-order valence-electron chi connectivity index (χ2n) is 6.92. The van der Waals surface area contributed by atoms with Gasteiger partial charge in [0, 0.05) is 37.4 Å². The normalized spacial score (nSPS) is 15.7. The number of fused-ring (bicyclic) bond motifs is 1. The molecule has 0 aliphatic carbocycles. The number of benzene rings is 2. The first-order valence-corrected chi connectivity index (χ1v) is 9.76. The molecule has 5 nitrogen and oxygen atoms in total. The predicted octanol–water partition coefficient (Wildman–Crippen LogP) is 3.80. The molecule has 0 unspecified atom stereocenters. The largest absolute Gasteiger partial charge is 0.497 e. The summed E-state index contributed by atoms with van der Waals surface area (Å²) < 4.78 is 14.0. The molecule has 1 saturated heterocycles. The fourth-order valence-corrected chi connectivity index (χ4v) is 4.23. The van der Waals surface area contributed by atoms with Crippen molar-refractivity contribution in [1.29, 1.82) is 0 Å². The second kappa shape index (κ2) is 7.60. The lowest BCUT2D eigenvalue weighted by atomic mass is 10.0. The quantitative estimate of drug-likeness (QED) is 0.685. The van der Waals surface area contributed by atoms with Crippen molar-refractivity contribution in [2.75, 3.05) is 32.1 Å². The Hall–Kier alpha value is -2.18. The molecular weight excluding hydrogens is 344 g/mol. The molecule has 2 aromatic carbocycles. The molecule has 0 amide bonds. The van der Waals surface area contributed by atoms with E-state index >= 15 is 0 Å². The van der Waals surface area contributed by atoms with Gasteiger partial charge in [-0.2, -0.15) is 8.75 Å². The van der Waals surface area contributed by atoms with Gasteiger partial charge in [0.2, 0.25) is 0 Å². The van der Waals surface area contributed by atoms with Crippen LogP contribution in [0, 0.1) is 0 Å². The monoisotopic (exact) mass is 368 g/mol. The van der Waals surface area contributed by atoms with Gasteiger partial charge in [-0.05, 0) is 49.7 Å². The SMILES string of the molecule is COc1cccc(N2CCC(N(C)Cc3ccc4nsnc4c3)CC2)c1. The Morgan fingerprint density at radius 3 is 2.73 bits per heavy atom. The molecule has 0 saturated carbocycles. The molecule has 1 fully saturated rings. The lowest BCUT2D eigenvalue weighted by Crippen LogP contribution is -2.43. The zero-order chi connectivity index (χ0) is 17.9. The van der Waals surface area contributed by atoms with Crippen molar-refractivity contribution in [3.05, 3.63) is 48.0 Å². The van der Waals surface area contributed by atoms with Gasteiger partial charge in [-0.15, -0.1) is 0 Å². The minimum absolute atomic E-state index is 0.612. The van der Waals surface area contributed by atoms with Crippen molar-refractivity contribution in [2.24, 2.45) is 0 Å². The van der Waals surface area contributed by atoms with E-state index in [1.807, 2.05) is 6.07 Å². The summed E-state index contributed by atoms with van der Waals surface area (Å²) in [7, 11) is 3.95. The molecule has 4 rings (SSSR count). The molecule has 0 radical (unpaired) electrons. The third-order valence-corrected chi connectivity index (χ3v) is 5.81. The van der Waals surface area contributed by atoms with Crippen LogP contribution in [0.4, 0.5) is 5.69 Å². The Morgan fingerprint density at radius 2 is 1.92 bits per heavy atom. The van der Waals surface area contributed by atoms with Crippen LogP contribution < -0.4 is 9.64 Å². The lowest BCUT2D eigenvalue weighted by Gasteiger charge is -2.38. The van der Waals surface area contributed by atoms with Gasteiger partial charge >= 0.3 is 0 Å². The van der Waals surface area contributed by atoms with E-state index in [2.05, 4.69) is 62.0 Å². The van der Waals surface area contributed by atoms with Gasteiger partial charge in [0.05, 0.1) is 18.8 Å². The second-order valence-corrected chi connectivity index (χ2v) is 7.45. The van der Waals surface area contributed by atoms with E-state index in [0.717, 1.165) is 36.4 Å². The summed E-state index contributed by atoms with van der Waals surface area (Å²) in [6.07, 6.45) is 2.35. The van der Waals surface area contributed by atoms with Gasteiger partial charge < -0.3 is 9.64 Å². The molecule has 3 aromatic rings. The highest BCUT2D eigenvalue weighted by Gasteiger charge is 2.23. The number of anilines is 1. The molecule has 2 heterocycles. The van der Waals surface area contributed by atoms with Crippen LogP contribution in [0.25, 0.3) is 11.0 Å². The van der Waals surface area contributed by atoms with Gasteiger partial charge in [0.25, 0.3) is 0 Å². The summed E-state index contributed by atoms with van der Waals surface area (Å²) in [4.78, 5) is 4.93. The first-order valence-electron chi connectivity index (χ1n) is 9.03. The predicted molar refractivity (Wildman–Crippen MR) is 107 cm³/mol. The van der Waals surface area contributed by atoms with E-state index in [9.17, 15) is 0 Å². The Kier molecular flexibility index (Phi) is 5.04. The number of piperidine rings is 1. The van der Waals surface area contributed by atoms with Gasteiger partial charge in [-0.25, -0.2) is 0 Å². The van der Waals surface area contributed by atoms with Crippen LogP contribution >= 0.6 is 11.7 Å². The van der Waals surface area contributed by atoms with Crippen molar-refractivity contribution in [2.45, 2.75) is 25.4 Å². The number of methoxy groups -OCH3 is 1. The van der Waals surface area contributed by atoms with Gasteiger partial charge in [-0.1, -0.05) is 12.1 Å². The number of rotatable bonds is 5. The number of aromatic nitrogens is 2. The molecule has 6 heteroatoms. The van der Waals surface area contributed by atoms with Crippen molar-refractivity contribution in [1.82, 2.24) is 13.6 Å². The minimum Gasteiger partial charge on any atom is -0.497 e. The van der Waals surface area contributed by atoms with Crippen molar-refractivity contribution in [3.8, 4) is 5.75 Å². The molecular formula is C20H24N4OS. The summed E-state index contributed by atoms with van der Waals surface area (Å²) in [5.41, 5.74) is 4.57. The zero-order valence-corrected chi connectivity index (χ0v) is 16.1. The molecule has 0 bridgehead atoms. The smallest absolute Gasteiger partial charge is 0.120 e. The van der Waals surface area contributed by atoms with Crippen LogP contribution in [0.5, 0.6) is 5.75 Å². The minimum atomic E-state index is 0.612. The van der Waals surface area contributed by atoms with E-state index in [1.54, 1.807) is 7.11 Å². The average molecular weight is 369 g/mol. The van der Waals surface area contributed by atoms with E-state index in [-0.39, 0.29) is 0 Å². The maximum Gasteiger partial charge on any atom is 0.120 e. The van der Waals surface area contributed by atoms with Crippen LogP contribution in [0.3, 0.4) is 0 Å². The van der Waals surface area contributed by atoms with Crippen LogP contribution in [0.15, 0.2) is 42.5 Å².